The number of fused-ring (bicyclic) bond motifs is 1. The van der Waals surface area contributed by atoms with Crippen LogP contribution in [0.3, 0.4) is 0 Å². The van der Waals surface area contributed by atoms with Crippen LogP contribution in [-0.4, -0.2) is 11.7 Å². The fraction of sp³-hybridized carbons (Fsp3) is 0.0500. The first-order valence-corrected chi connectivity index (χ1v) is 8.90. The predicted molar refractivity (Wildman–Crippen MR) is 104 cm³/mol. The van der Waals surface area contributed by atoms with Crippen molar-refractivity contribution in [3.63, 3.8) is 0 Å². The molecule has 0 saturated carbocycles. The monoisotopic (exact) mass is 349 g/mol. The highest BCUT2D eigenvalue weighted by atomic mass is 32.1. The van der Waals surface area contributed by atoms with Crippen molar-refractivity contribution in [1.82, 2.24) is 4.57 Å². The van der Waals surface area contributed by atoms with Crippen LogP contribution < -0.4 is 4.74 Å². The first-order chi connectivity index (χ1) is 11.8. The van der Waals surface area contributed by atoms with Crippen LogP contribution in [0.5, 0.6) is 5.75 Å². The average molecular weight is 349 g/mol. The van der Waals surface area contributed by atoms with E-state index in [4.69, 9.17) is 17.0 Å². The minimum atomic E-state index is 0.836. The molecule has 0 aliphatic carbocycles. The molecule has 118 valence electrons. The van der Waals surface area contributed by atoms with Gasteiger partial charge in [-0.2, -0.15) is 0 Å². The third kappa shape index (κ3) is 2.54. The van der Waals surface area contributed by atoms with Gasteiger partial charge in [0.25, 0.3) is 0 Å². The first-order valence-electron chi connectivity index (χ1n) is 7.61. The highest BCUT2D eigenvalue weighted by molar-refractivity contribution is 7.73. The molecule has 0 bridgehead atoms. The van der Waals surface area contributed by atoms with E-state index in [1.165, 1.54) is 16.3 Å². The van der Waals surface area contributed by atoms with Crippen LogP contribution in [0, 0.1) is 3.95 Å². The quantitative estimate of drug-likeness (QED) is 0.415. The number of thiazole rings is 1. The molecule has 0 atom stereocenters. The maximum atomic E-state index is 5.59. The van der Waals surface area contributed by atoms with Crippen molar-refractivity contribution in [2.45, 2.75) is 0 Å². The second kappa shape index (κ2) is 6.23. The molecule has 0 aliphatic rings. The standard InChI is InChI=1S/C20H15NOS2/c1-22-16-11-9-15(10-12-16)21-19(13-24-20(21)23)18-8-4-6-14-5-2-3-7-17(14)18/h2-13H,1H3. The Kier molecular flexibility index (Phi) is 3.92. The summed E-state index contributed by atoms with van der Waals surface area (Å²) >= 11 is 7.17. The largest absolute Gasteiger partial charge is 0.497 e. The molecular weight excluding hydrogens is 334 g/mol. The van der Waals surface area contributed by atoms with E-state index in [9.17, 15) is 0 Å². The van der Waals surface area contributed by atoms with Gasteiger partial charge in [-0.15, -0.1) is 11.3 Å². The molecule has 2 nitrogen and oxygen atoms in total. The third-order valence-electron chi connectivity index (χ3n) is 4.09. The summed E-state index contributed by atoms with van der Waals surface area (Å²) in [4.78, 5) is 0. The number of methoxy groups -OCH3 is 1. The Morgan fingerprint density at radius 3 is 2.46 bits per heavy atom. The number of aromatic nitrogens is 1. The van der Waals surface area contributed by atoms with Gasteiger partial charge >= 0.3 is 0 Å². The molecule has 0 aliphatic heterocycles. The normalized spacial score (nSPS) is 10.9. The summed E-state index contributed by atoms with van der Waals surface area (Å²) in [6, 6.07) is 22.8. The molecule has 0 saturated heterocycles. The van der Waals surface area contributed by atoms with Crippen LogP contribution in [0.1, 0.15) is 0 Å². The Bertz CT molecular complexity index is 1060. The summed E-state index contributed by atoms with van der Waals surface area (Å²) < 4.78 is 8.22. The Morgan fingerprint density at radius 2 is 1.67 bits per heavy atom. The zero-order valence-electron chi connectivity index (χ0n) is 13.1. The van der Waals surface area contributed by atoms with Crippen molar-refractivity contribution in [2.75, 3.05) is 7.11 Å². The van der Waals surface area contributed by atoms with Gasteiger partial charge in [0.1, 0.15) is 5.75 Å². The van der Waals surface area contributed by atoms with Gasteiger partial charge in [-0.05, 0) is 47.3 Å². The Balaban J connectivity index is 1.95. The Morgan fingerprint density at radius 1 is 0.917 bits per heavy atom. The summed E-state index contributed by atoms with van der Waals surface area (Å²) in [6.45, 7) is 0. The molecule has 4 aromatic rings. The van der Waals surface area contributed by atoms with Crippen LogP contribution in [0.2, 0.25) is 0 Å². The summed E-state index contributed by atoms with van der Waals surface area (Å²) in [5.74, 6) is 0.840. The zero-order chi connectivity index (χ0) is 16.5. The lowest BCUT2D eigenvalue weighted by Gasteiger charge is -2.12. The maximum Gasteiger partial charge on any atom is 0.166 e. The van der Waals surface area contributed by atoms with Gasteiger partial charge in [-0.1, -0.05) is 42.5 Å². The number of hydrogen-bond donors (Lipinski definition) is 0. The van der Waals surface area contributed by atoms with Crippen molar-refractivity contribution in [2.24, 2.45) is 0 Å². The van der Waals surface area contributed by atoms with E-state index >= 15 is 0 Å². The van der Waals surface area contributed by atoms with Gasteiger partial charge in [0.2, 0.25) is 0 Å². The lowest BCUT2D eigenvalue weighted by molar-refractivity contribution is 0.415. The summed E-state index contributed by atoms with van der Waals surface area (Å²) in [6.07, 6.45) is 0. The fourth-order valence-corrected chi connectivity index (χ4v) is 4.02. The second-order valence-corrected chi connectivity index (χ2v) is 6.95. The molecule has 0 radical (unpaired) electrons. The van der Waals surface area contributed by atoms with Crippen molar-refractivity contribution in [1.29, 1.82) is 0 Å². The van der Waals surface area contributed by atoms with Crippen LogP contribution >= 0.6 is 23.6 Å². The van der Waals surface area contributed by atoms with Crippen LogP contribution in [0.25, 0.3) is 27.7 Å². The van der Waals surface area contributed by atoms with Crippen molar-refractivity contribution in [3.8, 4) is 22.7 Å². The molecule has 4 rings (SSSR count). The molecule has 4 heteroatoms. The highest BCUT2D eigenvalue weighted by Crippen LogP contribution is 2.33. The van der Waals surface area contributed by atoms with E-state index in [1.54, 1.807) is 18.4 Å². The molecule has 0 fully saturated rings. The fourth-order valence-electron chi connectivity index (χ4n) is 2.92. The van der Waals surface area contributed by atoms with Crippen LogP contribution in [-0.2, 0) is 0 Å². The topological polar surface area (TPSA) is 14.2 Å². The minimum Gasteiger partial charge on any atom is -0.497 e. The molecule has 3 aromatic carbocycles. The smallest absolute Gasteiger partial charge is 0.166 e. The third-order valence-corrected chi connectivity index (χ3v) is 5.29. The number of hydrogen-bond acceptors (Lipinski definition) is 3. The molecule has 24 heavy (non-hydrogen) atoms. The number of rotatable bonds is 3. The number of nitrogens with zero attached hydrogens (tertiary/aromatic N) is 1. The predicted octanol–water partition coefficient (Wildman–Crippen LogP) is 6.10. The maximum absolute atomic E-state index is 5.59. The lowest BCUT2D eigenvalue weighted by atomic mass is 10.0. The van der Waals surface area contributed by atoms with E-state index < -0.39 is 0 Å². The Hall–Kier alpha value is -2.43. The van der Waals surface area contributed by atoms with E-state index in [-0.39, 0.29) is 0 Å². The van der Waals surface area contributed by atoms with Gasteiger partial charge in [-0.25, -0.2) is 0 Å². The summed E-state index contributed by atoms with van der Waals surface area (Å²) in [5.41, 5.74) is 3.35. The molecular formula is C20H15NOS2. The van der Waals surface area contributed by atoms with Gasteiger partial charge < -0.3 is 4.74 Å². The molecule has 1 heterocycles. The number of ether oxygens (including phenoxy) is 1. The SMILES string of the molecule is COc1ccc(-n2c(-c3cccc4ccccc34)csc2=S)cc1. The molecule has 0 unspecified atom stereocenters. The molecule has 0 N–H and O–H groups in total. The van der Waals surface area contributed by atoms with Crippen LogP contribution in [0.15, 0.2) is 72.1 Å². The molecule has 0 spiro atoms. The van der Waals surface area contributed by atoms with Crippen molar-refractivity contribution < 1.29 is 4.74 Å². The van der Waals surface area contributed by atoms with E-state index in [1.807, 2.05) is 24.3 Å². The first kappa shape index (κ1) is 15.1. The minimum absolute atomic E-state index is 0.836. The van der Waals surface area contributed by atoms with E-state index in [0.29, 0.717) is 0 Å². The van der Waals surface area contributed by atoms with E-state index in [0.717, 1.165) is 21.1 Å². The highest BCUT2D eigenvalue weighted by Gasteiger charge is 2.11. The summed E-state index contributed by atoms with van der Waals surface area (Å²) in [5, 5.41) is 4.59. The van der Waals surface area contributed by atoms with Crippen LogP contribution in [0.4, 0.5) is 0 Å². The van der Waals surface area contributed by atoms with Gasteiger partial charge in [0.15, 0.2) is 3.95 Å². The molecule has 0 amide bonds. The lowest BCUT2D eigenvalue weighted by Crippen LogP contribution is -1.97. The molecule has 1 aromatic heterocycles. The van der Waals surface area contributed by atoms with Gasteiger partial charge in [0.05, 0.1) is 12.8 Å². The van der Waals surface area contributed by atoms with Gasteiger partial charge in [0, 0.05) is 16.6 Å². The Labute approximate surface area is 149 Å². The van der Waals surface area contributed by atoms with E-state index in [2.05, 4.69) is 52.4 Å². The number of benzene rings is 3. The van der Waals surface area contributed by atoms with Crippen molar-refractivity contribution >= 4 is 34.3 Å². The average Bonchev–Trinajstić information content (AvgIpc) is 3.02. The zero-order valence-corrected chi connectivity index (χ0v) is 14.7. The van der Waals surface area contributed by atoms with Crippen molar-refractivity contribution in [3.05, 3.63) is 76.1 Å². The second-order valence-electron chi connectivity index (χ2n) is 5.45. The van der Waals surface area contributed by atoms with Gasteiger partial charge in [-0.3, -0.25) is 4.57 Å². The summed E-state index contributed by atoms with van der Waals surface area (Å²) in [7, 11) is 1.67.